The number of aryl methyl sites for hydroxylation is 1. The first-order valence-corrected chi connectivity index (χ1v) is 7.05. The second-order valence-electron chi connectivity index (χ2n) is 4.66. The van der Waals surface area contributed by atoms with Gasteiger partial charge < -0.3 is 5.73 Å². The van der Waals surface area contributed by atoms with Crippen molar-refractivity contribution < 1.29 is 4.79 Å². The predicted octanol–water partition coefficient (Wildman–Crippen LogP) is 2.71. The van der Waals surface area contributed by atoms with Gasteiger partial charge in [0.25, 0.3) is 0 Å². The molecule has 100 valence electrons. The van der Waals surface area contributed by atoms with E-state index < -0.39 is 0 Å². The first kappa shape index (κ1) is 13.8. The number of hydrogen-bond acceptors (Lipinski definition) is 3. The van der Waals surface area contributed by atoms with E-state index in [1.165, 1.54) is 10.4 Å². The maximum Gasteiger partial charge on any atom is 0.239 e. The minimum absolute atomic E-state index is 0.317. The molecule has 1 heterocycles. The molecule has 0 aliphatic heterocycles. The molecule has 0 aliphatic carbocycles. The molecule has 1 amide bonds. The lowest BCUT2D eigenvalue weighted by molar-refractivity contribution is -0.123. The number of rotatable bonds is 5. The molecule has 0 saturated heterocycles. The summed E-state index contributed by atoms with van der Waals surface area (Å²) in [4.78, 5) is 15.0. The fourth-order valence-electron chi connectivity index (χ4n) is 2.16. The standard InChI is InChI=1S/C15H18N2OS/c1-11-8-9-19-13(11)10-17(2)14(15(16)18)12-6-4-3-5-7-12/h3-9,14H,10H2,1-2H3,(H2,16,18)/t14-/m1/s1. The van der Waals surface area contributed by atoms with E-state index in [-0.39, 0.29) is 11.9 Å². The van der Waals surface area contributed by atoms with E-state index >= 15 is 0 Å². The summed E-state index contributed by atoms with van der Waals surface area (Å²) in [5, 5.41) is 2.07. The van der Waals surface area contributed by atoms with Crippen molar-refractivity contribution in [3.8, 4) is 0 Å². The highest BCUT2D eigenvalue weighted by atomic mass is 32.1. The lowest BCUT2D eigenvalue weighted by atomic mass is 10.1. The second kappa shape index (κ2) is 5.99. The highest BCUT2D eigenvalue weighted by Gasteiger charge is 2.23. The number of carbonyl (C=O) groups is 1. The van der Waals surface area contributed by atoms with Gasteiger partial charge in [0.2, 0.25) is 5.91 Å². The molecule has 1 atom stereocenters. The third-order valence-electron chi connectivity index (χ3n) is 3.19. The summed E-state index contributed by atoms with van der Waals surface area (Å²) in [6.45, 7) is 2.81. The zero-order chi connectivity index (χ0) is 13.8. The van der Waals surface area contributed by atoms with Crippen LogP contribution in [0.2, 0.25) is 0 Å². The summed E-state index contributed by atoms with van der Waals surface area (Å²) in [6.07, 6.45) is 0. The van der Waals surface area contributed by atoms with Gasteiger partial charge in [-0.05, 0) is 36.5 Å². The van der Waals surface area contributed by atoms with E-state index in [4.69, 9.17) is 5.73 Å². The zero-order valence-corrected chi connectivity index (χ0v) is 12.0. The first-order valence-electron chi connectivity index (χ1n) is 6.17. The van der Waals surface area contributed by atoms with Gasteiger partial charge in [-0.25, -0.2) is 0 Å². The van der Waals surface area contributed by atoms with Gasteiger partial charge in [0.1, 0.15) is 6.04 Å². The molecule has 1 aromatic carbocycles. The second-order valence-corrected chi connectivity index (χ2v) is 5.66. The molecule has 0 aliphatic rings. The molecule has 1 aromatic heterocycles. The summed E-state index contributed by atoms with van der Waals surface area (Å²) in [5.74, 6) is -0.317. The molecule has 2 N–H and O–H groups in total. The van der Waals surface area contributed by atoms with Gasteiger partial charge in [0, 0.05) is 11.4 Å². The minimum Gasteiger partial charge on any atom is -0.368 e. The van der Waals surface area contributed by atoms with Crippen LogP contribution >= 0.6 is 11.3 Å². The van der Waals surface area contributed by atoms with Crippen LogP contribution in [0.25, 0.3) is 0 Å². The quantitative estimate of drug-likeness (QED) is 0.911. The predicted molar refractivity (Wildman–Crippen MR) is 78.9 cm³/mol. The number of primary amides is 1. The summed E-state index contributed by atoms with van der Waals surface area (Å²) in [6, 6.07) is 11.4. The van der Waals surface area contributed by atoms with E-state index in [1.54, 1.807) is 11.3 Å². The van der Waals surface area contributed by atoms with Crippen LogP contribution in [0.15, 0.2) is 41.8 Å². The highest BCUT2D eigenvalue weighted by molar-refractivity contribution is 7.10. The summed E-state index contributed by atoms with van der Waals surface area (Å²) < 4.78 is 0. The Kier molecular flexibility index (Phi) is 4.35. The van der Waals surface area contributed by atoms with Crippen molar-refractivity contribution in [2.24, 2.45) is 5.73 Å². The monoisotopic (exact) mass is 274 g/mol. The third-order valence-corrected chi connectivity index (χ3v) is 4.19. The fourth-order valence-corrected chi connectivity index (χ4v) is 3.12. The van der Waals surface area contributed by atoms with E-state index in [0.717, 1.165) is 12.1 Å². The van der Waals surface area contributed by atoms with Crippen LogP contribution in [0, 0.1) is 6.92 Å². The number of carbonyl (C=O) groups excluding carboxylic acids is 1. The van der Waals surface area contributed by atoms with E-state index in [0.29, 0.717) is 0 Å². The van der Waals surface area contributed by atoms with E-state index in [2.05, 4.69) is 18.4 Å². The molecule has 4 heteroatoms. The van der Waals surface area contributed by atoms with Gasteiger partial charge in [-0.1, -0.05) is 30.3 Å². The Morgan fingerprint density at radius 2 is 2.00 bits per heavy atom. The Labute approximate surface area is 117 Å². The molecular weight excluding hydrogens is 256 g/mol. The normalized spacial score (nSPS) is 12.6. The van der Waals surface area contributed by atoms with Crippen molar-refractivity contribution in [3.05, 3.63) is 57.8 Å². The average molecular weight is 274 g/mol. The van der Waals surface area contributed by atoms with Gasteiger partial charge >= 0.3 is 0 Å². The number of likely N-dealkylation sites (N-methyl/N-ethyl adjacent to an activating group) is 1. The Morgan fingerprint density at radius 1 is 1.32 bits per heavy atom. The fraction of sp³-hybridized carbons (Fsp3) is 0.267. The smallest absolute Gasteiger partial charge is 0.239 e. The zero-order valence-electron chi connectivity index (χ0n) is 11.2. The van der Waals surface area contributed by atoms with Gasteiger partial charge in [-0.3, -0.25) is 9.69 Å². The minimum atomic E-state index is -0.386. The lowest BCUT2D eigenvalue weighted by Gasteiger charge is -2.25. The molecular formula is C15H18N2OS. The van der Waals surface area contributed by atoms with Crippen molar-refractivity contribution in [2.75, 3.05) is 7.05 Å². The molecule has 19 heavy (non-hydrogen) atoms. The van der Waals surface area contributed by atoms with Crippen LogP contribution in [0.1, 0.15) is 22.0 Å². The largest absolute Gasteiger partial charge is 0.368 e. The Balaban J connectivity index is 2.21. The van der Waals surface area contributed by atoms with Crippen molar-refractivity contribution in [2.45, 2.75) is 19.5 Å². The molecule has 0 fully saturated rings. The lowest BCUT2D eigenvalue weighted by Crippen LogP contribution is -2.34. The number of amides is 1. The SMILES string of the molecule is Cc1ccsc1CN(C)[C@@H](C(N)=O)c1ccccc1. The Morgan fingerprint density at radius 3 is 2.53 bits per heavy atom. The van der Waals surface area contributed by atoms with Crippen molar-refractivity contribution in [3.63, 3.8) is 0 Å². The summed E-state index contributed by atoms with van der Waals surface area (Å²) in [5.41, 5.74) is 7.75. The number of hydrogen-bond donors (Lipinski definition) is 1. The maximum atomic E-state index is 11.7. The molecule has 3 nitrogen and oxygen atoms in total. The molecule has 0 unspecified atom stereocenters. The number of thiophene rings is 1. The average Bonchev–Trinajstić information content (AvgIpc) is 2.76. The van der Waals surface area contributed by atoms with E-state index in [1.807, 2.05) is 42.3 Å². The topological polar surface area (TPSA) is 46.3 Å². The van der Waals surface area contributed by atoms with Gasteiger partial charge in [-0.2, -0.15) is 0 Å². The molecule has 2 rings (SSSR count). The van der Waals surface area contributed by atoms with Crippen LogP contribution in [-0.4, -0.2) is 17.9 Å². The Bertz CT molecular complexity index is 550. The van der Waals surface area contributed by atoms with Crippen molar-refractivity contribution in [1.82, 2.24) is 4.90 Å². The highest BCUT2D eigenvalue weighted by Crippen LogP contribution is 2.24. The maximum absolute atomic E-state index is 11.7. The summed E-state index contributed by atoms with van der Waals surface area (Å²) >= 11 is 1.71. The molecule has 2 aromatic rings. The number of nitrogens with zero attached hydrogens (tertiary/aromatic N) is 1. The third kappa shape index (κ3) is 3.22. The molecule has 0 bridgehead atoms. The van der Waals surface area contributed by atoms with Crippen LogP contribution in [-0.2, 0) is 11.3 Å². The molecule has 0 spiro atoms. The molecule has 0 radical (unpaired) electrons. The van der Waals surface area contributed by atoms with Gasteiger partial charge in [0.15, 0.2) is 0 Å². The molecule has 0 saturated carbocycles. The van der Waals surface area contributed by atoms with E-state index in [9.17, 15) is 4.79 Å². The Hall–Kier alpha value is -1.65. The number of benzene rings is 1. The van der Waals surface area contributed by atoms with Crippen molar-refractivity contribution >= 4 is 17.2 Å². The van der Waals surface area contributed by atoms with Crippen LogP contribution < -0.4 is 5.73 Å². The van der Waals surface area contributed by atoms with Crippen LogP contribution in [0.5, 0.6) is 0 Å². The van der Waals surface area contributed by atoms with Gasteiger partial charge in [-0.15, -0.1) is 11.3 Å². The van der Waals surface area contributed by atoms with Crippen LogP contribution in [0.3, 0.4) is 0 Å². The van der Waals surface area contributed by atoms with Crippen LogP contribution in [0.4, 0.5) is 0 Å². The first-order chi connectivity index (χ1) is 9.09. The van der Waals surface area contributed by atoms with Gasteiger partial charge in [0.05, 0.1) is 0 Å². The summed E-state index contributed by atoms with van der Waals surface area (Å²) in [7, 11) is 1.93. The number of nitrogens with two attached hydrogens (primary N) is 1. The van der Waals surface area contributed by atoms with Crippen molar-refractivity contribution in [1.29, 1.82) is 0 Å².